The summed E-state index contributed by atoms with van der Waals surface area (Å²) in [6.07, 6.45) is 4.03. The molecule has 0 saturated carbocycles. The Bertz CT molecular complexity index is 1360. The Kier molecular flexibility index (Phi) is 6.65. The maximum Gasteiger partial charge on any atom is 0.264 e. The van der Waals surface area contributed by atoms with E-state index >= 15 is 0 Å². The van der Waals surface area contributed by atoms with E-state index in [0.29, 0.717) is 29.3 Å². The molecule has 5 rings (SSSR count). The highest BCUT2D eigenvalue weighted by molar-refractivity contribution is 9.10. The van der Waals surface area contributed by atoms with Crippen LogP contribution in [-0.4, -0.2) is 16.8 Å². The van der Waals surface area contributed by atoms with Crippen molar-refractivity contribution in [3.05, 3.63) is 98.0 Å². The monoisotopic (exact) mass is 545 g/mol. The number of benzene rings is 3. The normalized spacial score (nSPS) is 18.9. The van der Waals surface area contributed by atoms with E-state index in [0.717, 1.165) is 34.9 Å². The minimum atomic E-state index is -1.91. The Morgan fingerprint density at radius 2 is 1.78 bits per heavy atom. The third-order valence-electron chi connectivity index (χ3n) is 7.75. The summed E-state index contributed by atoms with van der Waals surface area (Å²) in [6, 6.07) is 17.7. The van der Waals surface area contributed by atoms with Crippen molar-refractivity contribution in [1.82, 2.24) is 0 Å². The topological polar surface area (TPSA) is 57.6 Å². The van der Waals surface area contributed by atoms with E-state index in [1.807, 2.05) is 37.3 Å². The fraction of sp³-hybridized carbons (Fsp3) is 0.355. The molecule has 0 radical (unpaired) electrons. The molecular weight excluding hydrogens is 514 g/mol. The molecule has 0 aromatic heterocycles. The van der Waals surface area contributed by atoms with E-state index in [1.54, 1.807) is 11.0 Å². The number of carbonyl (C=O) groups excluding carboxylic acids is 2. The molecule has 3 aromatic carbocycles. The largest absolute Gasteiger partial charge is 0.375 e. The number of amides is 1. The first kappa shape index (κ1) is 24.9. The highest BCUT2D eigenvalue weighted by Gasteiger charge is 2.51. The molecule has 186 valence electrons. The van der Waals surface area contributed by atoms with Crippen LogP contribution in [0.5, 0.6) is 0 Å². The minimum absolute atomic E-state index is 0.218. The quantitative estimate of drug-likeness (QED) is 0.348. The standard InChI is InChI=1S/C31H32BrNO3/c1-19(2)22-9-8-20(3)25(14-22)18-33-28-13-12-26(32)16-27(28)31(36,30(33)35)17-29(34)24-11-10-21-6-4-5-7-23(21)15-24/h8-16,19,36H,4-7,17-18H2,1-3H3. The molecule has 1 aliphatic heterocycles. The van der Waals surface area contributed by atoms with Crippen LogP contribution >= 0.6 is 15.9 Å². The predicted octanol–water partition coefficient (Wildman–Crippen LogP) is 6.77. The SMILES string of the molecule is Cc1ccc(C(C)C)cc1CN1C(=O)C(O)(CC(=O)c2ccc3c(c2)CCCC3)c2cc(Br)ccc21. The molecule has 0 fully saturated rings. The number of rotatable bonds is 6. The zero-order valence-electron chi connectivity index (χ0n) is 21.1. The van der Waals surface area contributed by atoms with Gasteiger partial charge in [0.2, 0.25) is 0 Å². The first-order valence-electron chi connectivity index (χ1n) is 12.8. The van der Waals surface area contributed by atoms with Crippen molar-refractivity contribution in [2.75, 3.05) is 4.90 Å². The number of aryl methyl sites for hydroxylation is 3. The molecule has 5 heteroatoms. The van der Waals surface area contributed by atoms with E-state index in [2.05, 4.69) is 48.0 Å². The molecule has 4 nitrogen and oxygen atoms in total. The number of halogens is 1. The van der Waals surface area contributed by atoms with Crippen molar-refractivity contribution in [1.29, 1.82) is 0 Å². The molecule has 1 amide bonds. The molecule has 0 bridgehead atoms. The van der Waals surface area contributed by atoms with Crippen LogP contribution in [0.15, 0.2) is 59.1 Å². The Morgan fingerprint density at radius 1 is 1.03 bits per heavy atom. The van der Waals surface area contributed by atoms with Crippen LogP contribution in [0, 0.1) is 6.92 Å². The third kappa shape index (κ3) is 4.44. The van der Waals surface area contributed by atoms with Gasteiger partial charge in [-0.1, -0.05) is 60.1 Å². The summed E-state index contributed by atoms with van der Waals surface area (Å²) in [5.74, 6) is -0.297. The number of nitrogens with zero attached hydrogens (tertiary/aromatic N) is 1. The average Bonchev–Trinajstić information content (AvgIpc) is 3.06. The Hall–Kier alpha value is -2.76. The van der Waals surface area contributed by atoms with Gasteiger partial charge in [0.1, 0.15) is 0 Å². The van der Waals surface area contributed by atoms with E-state index in [-0.39, 0.29) is 12.2 Å². The molecule has 0 saturated heterocycles. The number of hydrogen-bond donors (Lipinski definition) is 1. The zero-order valence-corrected chi connectivity index (χ0v) is 22.7. The maximum absolute atomic E-state index is 13.8. The molecule has 36 heavy (non-hydrogen) atoms. The number of fused-ring (bicyclic) bond motifs is 2. The van der Waals surface area contributed by atoms with Crippen molar-refractivity contribution in [3.8, 4) is 0 Å². The Balaban J connectivity index is 1.49. The van der Waals surface area contributed by atoms with Gasteiger partial charge in [-0.15, -0.1) is 0 Å². The fourth-order valence-corrected chi connectivity index (χ4v) is 5.84. The van der Waals surface area contributed by atoms with Gasteiger partial charge in [0.25, 0.3) is 5.91 Å². The van der Waals surface area contributed by atoms with Gasteiger partial charge in [-0.2, -0.15) is 0 Å². The van der Waals surface area contributed by atoms with Crippen LogP contribution in [0.25, 0.3) is 0 Å². The molecule has 2 aliphatic rings. The van der Waals surface area contributed by atoms with Crippen LogP contribution in [0.3, 0.4) is 0 Å². The molecule has 1 heterocycles. The summed E-state index contributed by atoms with van der Waals surface area (Å²) in [4.78, 5) is 28.9. The lowest BCUT2D eigenvalue weighted by molar-refractivity contribution is -0.136. The average molecular weight is 547 g/mol. The second-order valence-electron chi connectivity index (χ2n) is 10.5. The summed E-state index contributed by atoms with van der Waals surface area (Å²) in [6.45, 7) is 6.67. The van der Waals surface area contributed by atoms with Gasteiger partial charge in [0.15, 0.2) is 11.4 Å². The smallest absolute Gasteiger partial charge is 0.264 e. The molecule has 1 unspecified atom stereocenters. The van der Waals surface area contributed by atoms with Crippen molar-refractivity contribution < 1.29 is 14.7 Å². The second kappa shape index (κ2) is 9.60. The van der Waals surface area contributed by atoms with Crippen LogP contribution < -0.4 is 4.90 Å². The molecule has 3 aromatic rings. The number of anilines is 1. The molecule has 1 aliphatic carbocycles. The summed E-state index contributed by atoms with van der Waals surface area (Å²) in [5, 5.41) is 11.8. The number of aliphatic hydroxyl groups is 1. The second-order valence-corrected chi connectivity index (χ2v) is 11.5. The lowest BCUT2D eigenvalue weighted by Crippen LogP contribution is -2.41. The number of carbonyl (C=O) groups is 2. The van der Waals surface area contributed by atoms with Crippen LogP contribution in [-0.2, 0) is 29.8 Å². The van der Waals surface area contributed by atoms with Crippen molar-refractivity contribution in [2.24, 2.45) is 0 Å². The summed E-state index contributed by atoms with van der Waals surface area (Å²) in [7, 11) is 0. The van der Waals surface area contributed by atoms with Gasteiger partial charge >= 0.3 is 0 Å². The van der Waals surface area contributed by atoms with E-state index in [1.165, 1.54) is 23.1 Å². The lowest BCUT2D eigenvalue weighted by atomic mass is 9.85. The minimum Gasteiger partial charge on any atom is -0.375 e. The van der Waals surface area contributed by atoms with Gasteiger partial charge in [0, 0.05) is 15.6 Å². The number of hydrogen-bond acceptors (Lipinski definition) is 3. The predicted molar refractivity (Wildman–Crippen MR) is 147 cm³/mol. The highest BCUT2D eigenvalue weighted by atomic mass is 79.9. The van der Waals surface area contributed by atoms with Gasteiger partial charge < -0.3 is 10.0 Å². The van der Waals surface area contributed by atoms with Crippen molar-refractivity contribution in [3.63, 3.8) is 0 Å². The Labute approximate surface area is 221 Å². The van der Waals surface area contributed by atoms with Crippen molar-refractivity contribution in [2.45, 2.75) is 70.9 Å². The summed E-state index contributed by atoms with van der Waals surface area (Å²) >= 11 is 3.49. The van der Waals surface area contributed by atoms with Gasteiger partial charge in [-0.3, -0.25) is 9.59 Å². The van der Waals surface area contributed by atoms with Gasteiger partial charge in [-0.05, 0) is 90.6 Å². The summed E-state index contributed by atoms with van der Waals surface area (Å²) in [5.41, 5.74) is 5.62. The lowest BCUT2D eigenvalue weighted by Gasteiger charge is -2.24. The highest BCUT2D eigenvalue weighted by Crippen LogP contribution is 2.45. The molecule has 0 spiro atoms. The number of ketones is 1. The van der Waals surface area contributed by atoms with Gasteiger partial charge in [0.05, 0.1) is 18.7 Å². The molecular formula is C31H32BrNO3. The summed E-state index contributed by atoms with van der Waals surface area (Å²) < 4.78 is 0.758. The Morgan fingerprint density at radius 3 is 2.53 bits per heavy atom. The maximum atomic E-state index is 13.8. The first-order valence-corrected chi connectivity index (χ1v) is 13.6. The molecule has 1 N–H and O–H groups in total. The van der Waals surface area contributed by atoms with Crippen LogP contribution in [0.4, 0.5) is 5.69 Å². The van der Waals surface area contributed by atoms with E-state index < -0.39 is 11.5 Å². The fourth-order valence-electron chi connectivity index (χ4n) is 5.48. The number of Topliss-reactive ketones (excluding diaryl/α,β-unsaturated/α-hetero) is 1. The van der Waals surface area contributed by atoms with E-state index in [4.69, 9.17) is 0 Å². The third-order valence-corrected chi connectivity index (χ3v) is 8.24. The van der Waals surface area contributed by atoms with Gasteiger partial charge in [-0.25, -0.2) is 0 Å². The van der Waals surface area contributed by atoms with Crippen molar-refractivity contribution >= 4 is 33.3 Å². The van der Waals surface area contributed by atoms with E-state index in [9.17, 15) is 14.7 Å². The zero-order chi connectivity index (χ0) is 25.6. The first-order chi connectivity index (χ1) is 17.2. The van der Waals surface area contributed by atoms with Crippen LogP contribution in [0.1, 0.15) is 82.8 Å². The molecule has 1 atom stereocenters. The van der Waals surface area contributed by atoms with Crippen LogP contribution in [0.2, 0.25) is 0 Å².